The normalized spacial score (nSPS) is 12.2. The summed E-state index contributed by atoms with van der Waals surface area (Å²) < 4.78 is 10.9. The molecular weight excluding hydrogens is 178 g/mol. The molecule has 1 aromatic rings. The summed E-state index contributed by atoms with van der Waals surface area (Å²) in [4.78, 5) is 0. The molecule has 0 bridgehead atoms. The minimum atomic E-state index is 0.0321. The van der Waals surface area contributed by atoms with Crippen molar-refractivity contribution in [2.24, 2.45) is 5.73 Å². The average Bonchev–Trinajstić information content (AvgIpc) is 2.17. The van der Waals surface area contributed by atoms with Crippen LogP contribution in [0.1, 0.15) is 13.8 Å². The highest BCUT2D eigenvalue weighted by Crippen LogP contribution is 2.26. The Morgan fingerprint density at radius 1 is 1.21 bits per heavy atom. The van der Waals surface area contributed by atoms with E-state index in [0.717, 1.165) is 11.5 Å². The molecule has 78 valence electrons. The SMILES string of the molecule is CCOc1ccccc1OC[C@H](C)N. The van der Waals surface area contributed by atoms with Crippen molar-refractivity contribution in [2.75, 3.05) is 13.2 Å². The van der Waals surface area contributed by atoms with Crippen molar-refractivity contribution in [3.8, 4) is 11.5 Å². The lowest BCUT2D eigenvalue weighted by Crippen LogP contribution is -2.23. The van der Waals surface area contributed by atoms with Gasteiger partial charge in [0, 0.05) is 6.04 Å². The molecule has 0 saturated carbocycles. The van der Waals surface area contributed by atoms with E-state index in [1.54, 1.807) is 0 Å². The van der Waals surface area contributed by atoms with E-state index in [-0.39, 0.29) is 6.04 Å². The van der Waals surface area contributed by atoms with Gasteiger partial charge in [-0.2, -0.15) is 0 Å². The molecule has 0 aliphatic rings. The van der Waals surface area contributed by atoms with Crippen molar-refractivity contribution in [1.82, 2.24) is 0 Å². The standard InChI is InChI=1S/C11H17NO2/c1-3-13-10-6-4-5-7-11(10)14-8-9(2)12/h4-7,9H,3,8,12H2,1-2H3/t9-/m0/s1. The first-order valence-corrected chi connectivity index (χ1v) is 4.84. The van der Waals surface area contributed by atoms with Crippen molar-refractivity contribution in [3.63, 3.8) is 0 Å². The van der Waals surface area contributed by atoms with E-state index in [1.165, 1.54) is 0 Å². The summed E-state index contributed by atoms with van der Waals surface area (Å²) in [5.41, 5.74) is 5.60. The maximum atomic E-state index is 5.60. The van der Waals surface area contributed by atoms with E-state index in [9.17, 15) is 0 Å². The number of hydrogen-bond acceptors (Lipinski definition) is 3. The van der Waals surface area contributed by atoms with Crippen LogP contribution in [0.5, 0.6) is 11.5 Å². The lowest BCUT2D eigenvalue weighted by molar-refractivity contribution is 0.265. The fraction of sp³-hybridized carbons (Fsp3) is 0.455. The van der Waals surface area contributed by atoms with Crippen LogP contribution in [-0.4, -0.2) is 19.3 Å². The molecule has 0 aliphatic heterocycles. The van der Waals surface area contributed by atoms with Crippen LogP contribution in [0.15, 0.2) is 24.3 Å². The van der Waals surface area contributed by atoms with Crippen LogP contribution in [0, 0.1) is 0 Å². The van der Waals surface area contributed by atoms with Crippen molar-refractivity contribution in [2.45, 2.75) is 19.9 Å². The molecule has 3 heteroatoms. The first kappa shape index (κ1) is 10.9. The van der Waals surface area contributed by atoms with Crippen LogP contribution in [0.3, 0.4) is 0 Å². The lowest BCUT2D eigenvalue weighted by Gasteiger charge is -2.12. The molecule has 0 radical (unpaired) electrons. The van der Waals surface area contributed by atoms with E-state index in [1.807, 2.05) is 38.1 Å². The van der Waals surface area contributed by atoms with Gasteiger partial charge < -0.3 is 15.2 Å². The molecular formula is C11H17NO2. The minimum absolute atomic E-state index is 0.0321. The van der Waals surface area contributed by atoms with Crippen LogP contribution in [0.25, 0.3) is 0 Å². The third-order valence-electron chi connectivity index (χ3n) is 1.65. The molecule has 0 amide bonds. The zero-order valence-corrected chi connectivity index (χ0v) is 8.69. The second kappa shape index (κ2) is 5.50. The smallest absolute Gasteiger partial charge is 0.161 e. The number of para-hydroxylation sites is 2. The van der Waals surface area contributed by atoms with Gasteiger partial charge >= 0.3 is 0 Å². The quantitative estimate of drug-likeness (QED) is 0.779. The average molecular weight is 195 g/mol. The largest absolute Gasteiger partial charge is 0.490 e. The van der Waals surface area contributed by atoms with Gasteiger partial charge in [0.2, 0.25) is 0 Å². The summed E-state index contributed by atoms with van der Waals surface area (Å²) in [6.45, 7) is 4.99. The number of hydrogen-bond donors (Lipinski definition) is 1. The molecule has 0 fully saturated rings. The number of benzene rings is 1. The Labute approximate surface area is 84.8 Å². The van der Waals surface area contributed by atoms with Crippen molar-refractivity contribution in [1.29, 1.82) is 0 Å². The minimum Gasteiger partial charge on any atom is -0.490 e. The topological polar surface area (TPSA) is 44.5 Å². The second-order valence-corrected chi connectivity index (χ2v) is 3.17. The highest BCUT2D eigenvalue weighted by Gasteiger charge is 2.03. The van der Waals surface area contributed by atoms with Gasteiger partial charge in [0.05, 0.1) is 6.61 Å². The van der Waals surface area contributed by atoms with Crippen molar-refractivity contribution < 1.29 is 9.47 Å². The van der Waals surface area contributed by atoms with E-state index < -0.39 is 0 Å². The lowest BCUT2D eigenvalue weighted by atomic mass is 10.3. The van der Waals surface area contributed by atoms with E-state index >= 15 is 0 Å². The first-order chi connectivity index (χ1) is 6.74. The van der Waals surface area contributed by atoms with E-state index in [4.69, 9.17) is 15.2 Å². The van der Waals surface area contributed by atoms with Gasteiger partial charge in [0.1, 0.15) is 6.61 Å². The van der Waals surface area contributed by atoms with Gasteiger partial charge in [-0.1, -0.05) is 12.1 Å². The third-order valence-corrected chi connectivity index (χ3v) is 1.65. The molecule has 2 N–H and O–H groups in total. The maximum absolute atomic E-state index is 5.60. The third kappa shape index (κ3) is 3.26. The predicted octanol–water partition coefficient (Wildman–Crippen LogP) is 1.81. The highest BCUT2D eigenvalue weighted by molar-refractivity contribution is 5.39. The maximum Gasteiger partial charge on any atom is 0.161 e. The molecule has 0 aromatic heterocycles. The zero-order valence-electron chi connectivity index (χ0n) is 8.69. The summed E-state index contributed by atoms with van der Waals surface area (Å²) >= 11 is 0. The Morgan fingerprint density at radius 3 is 2.29 bits per heavy atom. The molecule has 1 aromatic carbocycles. The fourth-order valence-electron chi connectivity index (χ4n) is 1.07. The molecule has 0 saturated heterocycles. The van der Waals surface area contributed by atoms with Crippen LogP contribution in [0.2, 0.25) is 0 Å². The highest BCUT2D eigenvalue weighted by atomic mass is 16.5. The van der Waals surface area contributed by atoms with Crippen LogP contribution in [0.4, 0.5) is 0 Å². The van der Waals surface area contributed by atoms with Crippen LogP contribution in [-0.2, 0) is 0 Å². The van der Waals surface area contributed by atoms with Crippen molar-refractivity contribution >= 4 is 0 Å². The number of rotatable bonds is 5. The summed E-state index contributed by atoms with van der Waals surface area (Å²) in [6.07, 6.45) is 0. The summed E-state index contributed by atoms with van der Waals surface area (Å²) in [5, 5.41) is 0. The van der Waals surface area contributed by atoms with Gasteiger partial charge in [-0.25, -0.2) is 0 Å². The first-order valence-electron chi connectivity index (χ1n) is 4.84. The predicted molar refractivity (Wildman–Crippen MR) is 56.8 cm³/mol. The Hall–Kier alpha value is -1.22. The molecule has 0 unspecified atom stereocenters. The number of ether oxygens (including phenoxy) is 2. The summed E-state index contributed by atoms with van der Waals surface area (Å²) in [6, 6.07) is 7.64. The monoisotopic (exact) mass is 195 g/mol. The van der Waals surface area contributed by atoms with Crippen molar-refractivity contribution in [3.05, 3.63) is 24.3 Å². The van der Waals surface area contributed by atoms with E-state index in [2.05, 4.69) is 0 Å². The molecule has 1 atom stereocenters. The van der Waals surface area contributed by atoms with Gasteiger partial charge in [0.25, 0.3) is 0 Å². The molecule has 0 spiro atoms. The molecule has 0 heterocycles. The second-order valence-electron chi connectivity index (χ2n) is 3.17. The van der Waals surface area contributed by atoms with Gasteiger partial charge in [-0.15, -0.1) is 0 Å². The van der Waals surface area contributed by atoms with Crippen LogP contribution >= 0.6 is 0 Å². The molecule has 14 heavy (non-hydrogen) atoms. The Morgan fingerprint density at radius 2 is 1.79 bits per heavy atom. The molecule has 3 nitrogen and oxygen atoms in total. The Balaban J connectivity index is 2.64. The van der Waals surface area contributed by atoms with E-state index in [0.29, 0.717) is 13.2 Å². The Kier molecular flexibility index (Phi) is 4.26. The number of nitrogens with two attached hydrogens (primary N) is 1. The fourth-order valence-corrected chi connectivity index (χ4v) is 1.07. The Bertz CT molecular complexity index is 274. The van der Waals surface area contributed by atoms with Gasteiger partial charge in [0.15, 0.2) is 11.5 Å². The van der Waals surface area contributed by atoms with Gasteiger partial charge in [-0.05, 0) is 26.0 Å². The summed E-state index contributed by atoms with van der Waals surface area (Å²) in [5.74, 6) is 1.53. The molecule has 0 aliphatic carbocycles. The van der Waals surface area contributed by atoms with Crippen LogP contribution < -0.4 is 15.2 Å². The zero-order chi connectivity index (χ0) is 10.4. The summed E-state index contributed by atoms with van der Waals surface area (Å²) in [7, 11) is 0. The molecule has 1 rings (SSSR count). The van der Waals surface area contributed by atoms with Gasteiger partial charge in [-0.3, -0.25) is 0 Å².